The fourth-order valence-electron chi connectivity index (χ4n) is 3.79. The maximum atomic E-state index is 13.5. The number of benzene rings is 1. The predicted octanol–water partition coefficient (Wildman–Crippen LogP) is 2.05. The van der Waals surface area contributed by atoms with E-state index in [0.717, 1.165) is 25.7 Å². The van der Waals surface area contributed by atoms with Crippen LogP contribution in [0.25, 0.3) is 0 Å². The highest BCUT2D eigenvalue weighted by Gasteiger charge is 2.47. The SMILES string of the molecule is O=C(CCN1C(=O)[C@H]2CCCC[C@@H]2C1=O)NCCc1ccccc1F. The van der Waals surface area contributed by atoms with Gasteiger partial charge in [-0.25, -0.2) is 4.39 Å². The van der Waals surface area contributed by atoms with Crippen LogP contribution in [0, 0.1) is 17.7 Å². The highest BCUT2D eigenvalue weighted by atomic mass is 19.1. The summed E-state index contributed by atoms with van der Waals surface area (Å²) in [5.41, 5.74) is 0.553. The van der Waals surface area contributed by atoms with Gasteiger partial charge >= 0.3 is 0 Å². The minimum Gasteiger partial charge on any atom is -0.356 e. The van der Waals surface area contributed by atoms with Crippen LogP contribution in [-0.4, -0.2) is 35.7 Å². The molecule has 1 aliphatic heterocycles. The molecule has 1 saturated carbocycles. The molecule has 1 heterocycles. The van der Waals surface area contributed by atoms with Gasteiger partial charge in [-0.2, -0.15) is 0 Å². The molecule has 6 heteroatoms. The third kappa shape index (κ3) is 3.89. The van der Waals surface area contributed by atoms with Crippen LogP contribution in [0.1, 0.15) is 37.7 Å². The van der Waals surface area contributed by atoms with Crippen LogP contribution >= 0.6 is 0 Å². The van der Waals surface area contributed by atoms with Crippen LogP contribution in [0.15, 0.2) is 24.3 Å². The van der Waals surface area contributed by atoms with Crippen molar-refractivity contribution in [3.05, 3.63) is 35.6 Å². The van der Waals surface area contributed by atoms with Crippen molar-refractivity contribution in [3.63, 3.8) is 0 Å². The van der Waals surface area contributed by atoms with Gasteiger partial charge in [0.1, 0.15) is 5.82 Å². The molecule has 5 nitrogen and oxygen atoms in total. The van der Waals surface area contributed by atoms with Crippen LogP contribution in [0.4, 0.5) is 4.39 Å². The molecule has 3 rings (SSSR count). The Labute approximate surface area is 146 Å². The summed E-state index contributed by atoms with van der Waals surface area (Å²) in [7, 11) is 0. The standard InChI is InChI=1S/C19H23FN2O3/c20-16-8-4-1-5-13(16)9-11-21-17(23)10-12-22-18(24)14-6-2-3-7-15(14)19(22)25/h1,4-5,8,14-15H,2-3,6-7,9-12H2,(H,21,23)/t14-,15-/m0/s1. The van der Waals surface area contributed by atoms with Gasteiger partial charge in [0.15, 0.2) is 0 Å². The number of amides is 3. The minimum absolute atomic E-state index is 0.0915. The summed E-state index contributed by atoms with van der Waals surface area (Å²) >= 11 is 0. The van der Waals surface area contributed by atoms with Crippen molar-refractivity contribution in [3.8, 4) is 0 Å². The fourth-order valence-corrected chi connectivity index (χ4v) is 3.79. The molecule has 2 atom stereocenters. The van der Waals surface area contributed by atoms with E-state index in [2.05, 4.69) is 5.32 Å². The molecule has 1 aromatic rings. The highest BCUT2D eigenvalue weighted by molar-refractivity contribution is 6.05. The lowest BCUT2D eigenvalue weighted by molar-refractivity contribution is -0.140. The van der Waals surface area contributed by atoms with E-state index in [-0.39, 0.29) is 48.3 Å². The van der Waals surface area contributed by atoms with E-state index in [1.54, 1.807) is 18.2 Å². The molecule has 0 radical (unpaired) electrons. The molecule has 0 spiro atoms. The van der Waals surface area contributed by atoms with Crippen molar-refractivity contribution in [2.24, 2.45) is 11.8 Å². The van der Waals surface area contributed by atoms with Gasteiger partial charge < -0.3 is 5.32 Å². The van der Waals surface area contributed by atoms with E-state index >= 15 is 0 Å². The topological polar surface area (TPSA) is 66.5 Å². The van der Waals surface area contributed by atoms with Crippen molar-refractivity contribution in [2.45, 2.75) is 38.5 Å². The maximum absolute atomic E-state index is 13.5. The van der Waals surface area contributed by atoms with Crippen molar-refractivity contribution < 1.29 is 18.8 Å². The number of nitrogens with zero attached hydrogens (tertiary/aromatic N) is 1. The number of rotatable bonds is 6. The Bertz CT molecular complexity index is 652. The predicted molar refractivity (Wildman–Crippen MR) is 89.9 cm³/mol. The first-order valence-corrected chi connectivity index (χ1v) is 8.93. The number of likely N-dealkylation sites (tertiary alicyclic amines) is 1. The Morgan fingerprint density at radius 3 is 2.40 bits per heavy atom. The summed E-state index contributed by atoms with van der Waals surface area (Å²) in [5.74, 6) is -1.10. The van der Waals surface area contributed by atoms with E-state index in [9.17, 15) is 18.8 Å². The zero-order valence-corrected chi connectivity index (χ0v) is 14.2. The molecule has 0 unspecified atom stereocenters. The third-order valence-electron chi connectivity index (χ3n) is 5.17. The molecule has 25 heavy (non-hydrogen) atoms. The van der Waals surface area contributed by atoms with Gasteiger partial charge in [0.2, 0.25) is 17.7 Å². The van der Waals surface area contributed by atoms with Gasteiger partial charge in [0, 0.05) is 19.5 Å². The third-order valence-corrected chi connectivity index (χ3v) is 5.17. The molecular formula is C19H23FN2O3. The van der Waals surface area contributed by atoms with E-state index in [0.29, 0.717) is 18.5 Å². The van der Waals surface area contributed by atoms with Gasteiger partial charge in [0.25, 0.3) is 0 Å². The summed E-state index contributed by atoms with van der Waals surface area (Å²) in [6.45, 7) is 0.461. The lowest BCUT2D eigenvalue weighted by Gasteiger charge is -2.19. The Morgan fingerprint density at radius 2 is 1.76 bits per heavy atom. The summed E-state index contributed by atoms with van der Waals surface area (Å²) in [4.78, 5) is 37.9. The molecule has 1 N–H and O–H groups in total. The Hall–Kier alpha value is -2.24. The summed E-state index contributed by atoms with van der Waals surface area (Å²) in [6.07, 6.45) is 4.04. The molecule has 1 saturated heterocycles. The number of nitrogens with one attached hydrogen (secondary N) is 1. The number of hydrogen-bond donors (Lipinski definition) is 1. The van der Waals surface area contributed by atoms with Gasteiger partial charge in [-0.1, -0.05) is 31.0 Å². The summed E-state index contributed by atoms with van der Waals surface area (Å²) < 4.78 is 13.5. The van der Waals surface area contributed by atoms with Crippen molar-refractivity contribution >= 4 is 17.7 Å². The quantitative estimate of drug-likeness (QED) is 0.802. The van der Waals surface area contributed by atoms with E-state index in [1.807, 2.05) is 0 Å². The zero-order chi connectivity index (χ0) is 17.8. The molecule has 2 fully saturated rings. The second-order valence-electron chi connectivity index (χ2n) is 6.77. The summed E-state index contributed by atoms with van der Waals surface area (Å²) in [6, 6.07) is 6.45. The van der Waals surface area contributed by atoms with Crippen LogP contribution in [0.2, 0.25) is 0 Å². The molecule has 0 bridgehead atoms. The first-order valence-electron chi connectivity index (χ1n) is 8.93. The molecule has 134 valence electrons. The second-order valence-corrected chi connectivity index (χ2v) is 6.77. The molecule has 0 aromatic heterocycles. The van der Waals surface area contributed by atoms with Crippen LogP contribution < -0.4 is 5.32 Å². The average molecular weight is 346 g/mol. The maximum Gasteiger partial charge on any atom is 0.233 e. The smallest absolute Gasteiger partial charge is 0.233 e. The van der Waals surface area contributed by atoms with E-state index in [4.69, 9.17) is 0 Å². The molecule has 2 aliphatic rings. The van der Waals surface area contributed by atoms with E-state index < -0.39 is 0 Å². The Balaban J connectivity index is 1.44. The van der Waals surface area contributed by atoms with Gasteiger partial charge in [0.05, 0.1) is 11.8 Å². The lowest BCUT2D eigenvalue weighted by Crippen LogP contribution is -2.36. The molecular weight excluding hydrogens is 323 g/mol. The van der Waals surface area contributed by atoms with Crippen molar-refractivity contribution in [2.75, 3.05) is 13.1 Å². The van der Waals surface area contributed by atoms with Crippen LogP contribution in [0.3, 0.4) is 0 Å². The first kappa shape index (κ1) is 17.6. The Morgan fingerprint density at radius 1 is 1.12 bits per heavy atom. The average Bonchev–Trinajstić information content (AvgIpc) is 2.86. The lowest BCUT2D eigenvalue weighted by atomic mass is 9.81. The highest BCUT2D eigenvalue weighted by Crippen LogP contribution is 2.37. The van der Waals surface area contributed by atoms with E-state index in [1.165, 1.54) is 11.0 Å². The minimum atomic E-state index is -0.285. The molecule has 1 aliphatic carbocycles. The van der Waals surface area contributed by atoms with Crippen LogP contribution in [-0.2, 0) is 20.8 Å². The summed E-state index contributed by atoms with van der Waals surface area (Å²) in [5, 5.41) is 2.72. The number of hydrogen-bond acceptors (Lipinski definition) is 3. The molecule has 1 aromatic carbocycles. The number of carbonyl (C=O) groups excluding carboxylic acids is 3. The van der Waals surface area contributed by atoms with Gasteiger partial charge in [-0.3, -0.25) is 19.3 Å². The number of carbonyl (C=O) groups is 3. The van der Waals surface area contributed by atoms with Crippen LogP contribution in [0.5, 0.6) is 0 Å². The number of halogens is 1. The second kappa shape index (κ2) is 7.76. The van der Waals surface area contributed by atoms with Gasteiger partial charge in [-0.05, 0) is 30.9 Å². The normalized spacial score (nSPS) is 22.8. The Kier molecular flexibility index (Phi) is 5.46. The number of fused-ring (bicyclic) bond motifs is 1. The van der Waals surface area contributed by atoms with Crippen molar-refractivity contribution in [1.82, 2.24) is 10.2 Å². The first-order chi connectivity index (χ1) is 12.1. The fraction of sp³-hybridized carbons (Fsp3) is 0.526. The monoisotopic (exact) mass is 346 g/mol. The molecule has 3 amide bonds. The van der Waals surface area contributed by atoms with Crippen molar-refractivity contribution in [1.29, 1.82) is 0 Å². The number of imide groups is 1. The zero-order valence-electron chi connectivity index (χ0n) is 14.2. The van der Waals surface area contributed by atoms with Gasteiger partial charge in [-0.15, -0.1) is 0 Å². The largest absolute Gasteiger partial charge is 0.356 e.